The minimum absolute atomic E-state index is 0.0118. The number of aliphatic hydroxyl groups is 5. The summed E-state index contributed by atoms with van der Waals surface area (Å²) in [6, 6.07) is 9.29. The van der Waals surface area contributed by atoms with Gasteiger partial charge < -0.3 is 58.4 Å². The zero-order valence-corrected chi connectivity index (χ0v) is 20.9. The van der Waals surface area contributed by atoms with E-state index in [0.717, 1.165) is 0 Å². The Labute approximate surface area is 221 Å². The summed E-state index contributed by atoms with van der Waals surface area (Å²) in [7, 11) is 2.72. The maximum absolute atomic E-state index is 11.9. The van der Waals surface area contributed by atoms with Crippen LogP contribution in [-0.2, 0) is 4.74 Å². The average Bonchev–Trinajstić information content (AvgIpc) is 2.96. The van der Waals surface area contributed by atoms with Crippen molar-refractivity contribution in [2.75, 3.05) is 27.4 Å². The molecule has 210 valence electrons. The highest BCUT2D eigenvalue weighted by Crippen LogP contribution is 2.47. The van der Waals surface area contributed by atoms with E-state index in [1.807, 2.05) is 0 Å². The molecular formula is C26H28O13. The maximum atomic E-state index is 11.9. The predicted octanol–water partition coefficient (Wildman–Crippen LogP) is -0.138. The average molecular weight is 548 g/mol. The molecule has 0 radical (unpaired) electrons. The first kappa shape index (κ1) is 27.0. The highest BCUT2D eigenvalue weighted by Gasteiger charge is 2.45. The summed E-state index contributed by atoms with van der Waals surface area (Å²) in [6.45, 7) is -1.05. The number of methoxy groups -OCH3 is 2. The molecule has 0 saturated carbocycles. The van der Waals surface area contributed by atoms with Gasteiger partial charge in [-0.25, -0.2) is 4.79 Å². The summed E-state index contributed by atoms with van der Waals surface area (Å²) >= 11 is 0. The molecule has 7 atom stereocenters. The summed E-state index contributed by atoms with van der Waals surface area (Å²) in [4.78, 5) is 11.9. The Morgan fingerprint density at radius 3 is 2.15 bits per heavy atom. The summed E-state index contributed by atoms with van der Waals surface area (Å²) in [5, 5.41) is 50.8. The molecule has 1 aromatic heterocycles. The van der Waals surface area contributed by atoms with Crippen LogP contribution in [0, 0.1) is 0 Å². The molecule has 0 unspecified atom stereocenters. The lowest BCUT2D eigenvalue weighted by Gasteiger charge is -2.39. The Balaban J connectivity index is 1.52. The molecule has 3 aromatic rings. The van der Waals surface area contributed by atoms with Crippen LogP contribution in [0.25, 0.3) is 11.0 Å². The van der Waals surface area contributed by atoms with Crippen molar-refractivity contribution in [3.05, 3.63) is 52.4 Å². The molecule has 3 heterocycles. The maximum Gasteiger partial charge on any atom is 0.336 e. The lowest BCUT2D eigenvalue weighted by atomic mass is 9.99. The summed E-state index contributed by atoms with van der Waals surface area (Å²) in [5.41, 5.74) is 0.0473. The quantitative estimate of drug-likeness (QED) is 0.246. The number of hydrogen-bond acceptors (Lipinski definition) is 13. The van der Waals surface area contributed by atoms with Crippen molar-refractivity contribution in [3.63, 3.8) is 0 Å². The number of aliphatic hydroxyl groups excluding tert-OH is 5. The third kappa shape index (κ3) is 4.84. The van der Waals surface area contributed by atoms with E-state index in [1.165, 1.54) is 32.4 Å². The molecule has 5 rings (SSSR count). The SMILES string of the molecule is COc1cc([C@H]2Oc3c(ccc4ccc(=O)oc34)O[C@H]2CO)cc(OC)c1O[C@@H]1O[C@H](CO)[C@@H](O)[C@H](O)[C@H]1O. The van der Waals surface area contributed by atoms with Crippen LogP contribution in [0.5, 0.6) is 28.7 Å². The van der Waals surface area contributed by atoms with Crippen molar-refractivity contribution in [1.29, 1.82) is 0 Å². The Morgan fingerprint density at radius 2 is 1.51 bits per heavy atom. The second kappa shape index (κ2) is 10.9. The van der Waals surface area contributed by atoms with Crippen LogP contribution in [-0.4, -0.2) is 89.8 Å². The van der Waals surface area contributed by atoms with Crippen LogP contribution < -0.4 is 29.3 Å². The van der Waals surface area contributed by atoms with E-state index in [9.17, 15) is 30.3 Å². The Kier molecular flexibility index (Phi) is 7.53. The van der Waals surface area contributed by atoms with Crippen LogP contribution >= 0.6 is 0 Å². The third-order valence-electron chi connectivity index (χ3n) is 6.64. The van der Waals surface area contributed by atoms with E-state index < -0.39 is 61.8 Å². The fourth-order valence-electron chi connectivity index (χ4n) is 4.60. The molecule has 2 aliphatic heterocycles. The van der Waals surface area contributed by atoms with Crippen molar-refractivity contribution >= 4 is 11.0 Å². The monoisotopic (exact) mass is 548 g/mol. The topological polar surface area (TPSA) is 187 Å². The minimum atomic E-state index is -1.66. The van der Waals surface area contributed by atoms with Gasteiger partial charge in [-0.2, -0.15) is 0 Å². The molecule has 1 saturated heterocycles. The molecule has 13 heteroatoms. The molecule has 0 aliphatic carbocycles. The summed E-state index contributed by atoms with van der Waals surface area (Å²) < 4.78 is 39.8. The molecule has 1 fully saturated rings. The van der Waals surface area contributed by atoms with Gasteiger partial charge >= 0.3 is 5.63 Å². The first-order valence-corrected chi connectivity index (χ1v) is 12.0. The van der Waals surface area contributed by atoms with E-state index in [1.54, 1.807) is 18.2 Å². The molecule has 0 amide bonds. The second-order valence-corrected chi connectivity index (χ2v) is 9.01. The third-order valence-corrected chi connectivity index (χ3v) is 6.64. The van der Waals surface area contributed by atoms with Crippen molar-refractivity contribution in [3.8, 4) is 28.7 Å². The van der Waals surface area contributed by atoms with E-state index in [4.69, 9.17) is 32.8 Å². The lowest BCUT2D eigenvalue weighted by Crippen LogP contribution is -2.60. The van der Waals surface area contributed by atoms with Gasteiger partial charge in [-0.05, 0) is 30.3 Å². The highest BCUT2D eigenvalue weighted by atomic mass is 16.7. The van der Waals surface area contributed by atoms with Crippen molar-refractivity contribution in [2.24, 2.45) is 0 Å². The van der Waals surface area contributed by atoms with Gasteiger partial charge in [0, 0.05) is 17.0 Å². The second-order valence-electron chi connectivity index (χ2n) is 9.01. The van der Waals surface area contributed by atoms with E-state index in [-0.39, 0.29) is 34.3 Å². The molecule has 5 N–H and O–H groups in total. The molecule has 39 heavy (non-hydrogen) atoms. The van der Waals surface area contributed by atoms with Gasteiger partial charge in [-0.3, -0.25) is 0 Å². The number of hydrogen-bond donors (Lipinski definition) is 5. The van der Waals surface area contributed by atoms with Gasteiger partial charge in [0.05, 0.1) is 27.4 Å². The van der Waals surface area contributed by atoms with Gasteiger partial charge in [0.15, 0.2) is 35.0 Å². The summed E-state index contributed by atoms with van der Waals surface area (Å²) in [6.07, 6.45) is -9.32. The van der Waals surface area contributed by atoms with Gasteiger partial charge in [0.1, 0.15) is 24.4 Å². The van der Waals surface area contributed by atoms with Crippen LogP contribution in [0.4, 0.5) is 0 Å². The molecule has 2 aromatic carbocycles. The molecule has 13 nitrogen and oxygen atoms in total. The van der Waals surface area contributed by atoms with Gasteiger partial charge in [0.2, 0.25) is 17.8 Å². The number of rotatable bonds is 7. The molecule has 2 aliphatic rings. The smallest absolute Gasteiger partial charge is 0.336 e. The van der Waals surface area contributed by atoms with E-state index in [2.05, 4.69) is 0 Å². The van der Waals surface area contributed by atoms with Crippen molar-refractivity contribution in [2.45, 2.75) is 42.9 Å². The van der Waals surface area contributed by atoms with Crippen molar-refractivity contribution < 1.29 is 58.4 Å². The number of fused-ring (bicyclic) bond motifs is 3. The zero-order chi connectivity index (χ0) is 27.8. The minimum Gasteiger partial charge on any atom is -0.493 e. The fourth-order valence-corrected chi connectivity index (χ4v) is 4.60. The normalized spacial score (nSPS) is 28.2. The van der Waals surface area contributed by atoms with Gasteiger partial charge in [-0.1, -0.05) is 0 Å². The molecular weight excluding hydrogens is 520 g/mol. The highest BCUT2D eigenvalue weighted by molar-refractivity contribution is 5.85. The summed E-state index contributed by atoms with van der Waals surface area (Å²) in [5.74, 6) is 0.670. The van der Waals surface area contributed by atoms with E-state index >= 15 is 0 Å². The fraction of sp³-hybridized carbons (Fsp3) is 0.423. The Bertz CT molecular complexity index is 1360. The largest absolute Gasteiger partial charge is 0.493 e. The standard InChI is InChI=1S/C26H28O13/c1-33-14-7-12(8-15(34-2)24(14)39-26-21(32)20(31)19(30)16(9-27)36-26)22-17(10-28)35-13-5-3-11-4-6-18(29)37-23(11)25(13)38-22/h3-8,16-17,19-22,26-28,30-32H,9-10H2,1-2H3/t16-,17+,19-,20+,21-,22-,26+/m1/s1. The van der Waals surface area contributed by atoms with E-state index in [0.29, 0.717) is 10.9 Å². The molecule has 0 spiro atoms. The number of benzene rings is 2. The Hall–Kier alpha value is -3.59. The van der Waals surface area contributed by atoms with Gasteiger partial charge in [0.25, 0.3) is 0 Å². The first-order valence-electron chi connectivity index (χ1n) is 12.0. The molecule has 0 bridgehead atoms. The Morgan fingerprint density at radius 1 is 0.846 bits per heavy atom. The van der Waals surface area contributed by atoms with Crippen molar-refractivity contribution in [1.82, 2.24) is 0 Å². The zero-order valence-electron chi connectivity index (χ0n) is 20.9. The van der Waals surface area contributed by atoms with Crippen LogP contribution in [0.3, 0.4) is 0 Å². The predicted molar refractivity (Wildman–Crippen MR) is 131 cm³/mol. The lowest BCUT2D eigenvalue weighted by molar-refractivity contribution is -0.277. The van der Waals surface area contributed by atoms with Crippen LogP contribution in [0.1, 0.15) is 11.7 Å². The van der Waals surface area contributed by atoms with Crippen LogP contribution in [0.15, 0.2) is 45.6 Å². The van der Waals surface area contributed by atoms with Crippen LogP contribution in [0.2, 0.25) is 0 Å². The van der Waals surface area contributed by atoms with Gasteiger partial charge in [-0.15, -0.1) is 0 Å². The number of ether oxygens (including phenoxy) is 6. The first-order chi connectivity index (χ1) is 18.8.